The van der Waals surface area contributed by atoms with Crippen LogP contribution in [-0.4, -0.2) is 28.4 Å². The Balaban J connectivity index is 1.41. The highest BCUT2D eigenvalue weighted by molar-refractivity contribution is 5.95. The number of carbonyl (C=O) groups excluding carboxylic acids is 1. The number of rotatable bonds is 6. The summed E-state index contributed by atoms with van der Waals surface area (Å²) in [5.74, 6) is 1.43. The molecule has 1 saturated heterocycles. The number of pyridine rings is 1. The van der Waals surface area contributed by atoms with Crippen LogP contribution in [0.25, 0.3) is 0 Å². The van der Waals surface area contributed by atoms with E-state index in [1.807, 2.05) is 42.5 Å². The number of nitrogens with one attached hydrogen (secondary N) is 1. The summed E-state index contributed by atoms with van der Waals surface area (Å²) in [6, 6.07) is 21.3. The summed E-state index contributed by atoms with van der Waals surface area (Å²) >= 11 is 0. The molecule has 1 amide bonds. The van der Waals surface area contributed by atoms with Crippen LogP contribution in [0.5, 0.6) is 11.5 Å². The zero-order valence-corrected chi connectivity index (χ0v) is 15.6. The molecule has 0 saturated carbocycles. The average molecular weight is 373 g/mol. The standard InChI is InChI=1S/C23H23N3O2/c27-23(22-10-5-15-26(22)17-18-6-2-1-3-7-18)25-19-8-4-9-21(16-19)28-20-11-13-24-14-12-20/h1-4,6-9,11-14,16,22H,5,10,15,17H2,(H,25,27). The largest absolute Gasteiger partial charge is 0.457 e. The van der Waals surface area contributed by atoms with Gasteiger partial charge < -0.3 is 10.1 Å². The molecular weight excluding hydrogens is 350 g/mol. The number of amides is 1. The smallest absolute Gasteiger partial charge is 0.241 e. The number of hydrogen-bond acceptors (Lipinski definition) is 4. The van der Waals surface area contributed by atoms with Crippen molar-refractivity contribution in [2.24, 2.45) is 0 Å². The van der Waals surface area contributed by atoms with E-state index >= 15 is 0 Å². The first-order valence-corrected chi connectivity index (χ1v) is 9.55. The second kappa shape index (κ2) is 8.67. The van der Waals surface area contributed by atoms with Crippen molar-refractivity contribution in [3.8, 4) is 11.5 Å². The summed E-state index contributed by atoms with van der Waals surface area (Å²) < 4.78 is 5.82. The van der Waals surface area contributed by atoms with Gasteiger partial charge in [0, 0.05) is 30.7 Å². The second-order valence-corrected chi connectivity index (χ2v) is 6.92. The van der Waals surface area contributed by atoms with Crippen LogP contribution in [0, 0.1) is 0 Å². The minimum Gasteiger partial charge on any atom is -0.457 e. The van der Waals surface area contributed by atoms with Crippen LogP contribution < -0.4 is 10.1 Å². The number of ether oxygens (including phenoxy) is 1. The molecule has 0 spiro atoms. The zero-order chi connectivity index (χ0) is 19.2. The molecule has 1 unspecified atom stereocenters. The van der Waals surface area contributed by atoms with E-state index in [0.29, 0.717) is 11.5 Å². The second-order valence-electron chi connectivity index (χ2n) is 6.92. The van der Waals surface area contributed by atoms with Gasteiger partial charge in [-0.25, -0.2) is 0 Å². The molecule has 5 nitrogen and oxygen atoms in total. The molecule has 142 valence electrons. The molecule has 1 N–H and O–H groups in total. The van der Waals surface area contributed by atoms with Gasteiger partial charge in [0.1, 0.15) is 11.5 Å². The Kier molecular flexibility index (Phi) is 5.64. The number of aromatic nitrogens is 1. The number of hydrogen-bond donors (Lipinski definition) is 1. The van der Waals surface area contributed by atoms with E-state index in [0.717, 1.165) is 31.6 Å². The quantitative estimate of drug-likeness (QED) is 0.692. The molecule has 0 bridgehead atoms. The van der Waals surface area contributed by atoms with Gasteiger partial charge in [0.25, 0.3) is 0 Å². The molecule has 0 aliphatic carbocycles. The number of anilines is 1. The normalized spacial score (nSPS) is 16.6. The Morgan fingerprint density at radius 1 is 1.04 bits per heavy atom. The van der Waals surface area contributed by atoms with E-state index < -0.39 is 0 Å². The lowest BCUT2D eigenvalue weighted by molar-refractivity contribution is -0.120. The van der Waals surface area contributed by atoms with Crippen molar-refractivity contribution in [2.75, 3.05) is 11.9 Å². The highest BCUT2D eigenvalue weighted by atomic mass is 16.5. The molecule has 1 fully saturated rings. The first-order chi connectivity index (χ1) is 13.8. The van der Waals surface area contributed by atoms with E-state index in [1.54, 1.807) is 24.5 Å². The maximum atomic E-state index is 12.9. The molecular formula is C23H23N3O2. The van der Waals surface area contributed by atoms with Crippen molar-refractivity contribution in [2.45, 2.75) is 25.4 Å². The highest BCUT2D eigenvalue weighted by Crippen LogP contribution is 2.25. The third-order valence-corrected chi connectivity index (χ3v) is 4.88. The van der Waals surface area contributed by atoms with Crippen LogP contribution >= 0.6 is 0 Å². The first-order valence-electron chi connectivity index (χ1n) is 9.55. The lowest BCUT2D eigenvalue weighted by Gasteiger charge is -2.23. The summed E-state index contributed by atoms with van der Waals surface area (Å²) in [5, 5.41) is 3.05. The number of benzene rings is 2. The van der Waals surface area contributed by atoms with Gasteiger partial charge >= 0.3 is 0 Å². The van der Waals surface area contributed by atoms with Crippen molar-refractivity contribution in [3.05, 3.63) is 84.7 Å². The first kappa shape index (κ1) is 18.2. The van der Waals surface area contributed by atoms with Gasteiger partial charge in [-0.1, -0.05) is 36.4 Å². The van der Waals surface area contributed by atoms with Crippen LogP contribution in [0.1, 0.15) is 18.4 Å². The van der Waals surface area contributed by atoms with Crippen molar-refractivity contribution in [1.29, 1.82) is 0 Å². The maximum absolute atomic E-state index is 12.9. The van der Waals surface area contributed by atoms with Crippen molar-refractivity contribution in [1.82, 2.24) is 9.88 Å². The zero-order valence-electron chi connectivity index (χ0n) is 15.6. The van der Waals surface area contributed by atoms with E-state index in [1.165, 1.54) is 5.56 Å². The van der Waals surface area contributed by atoms with Crippen molar-refractivity contribution in [3.63, 3.8) is 0 Å². The molecule has 1 aromatic heterocycles. The molecule has 1 atom stereocenters. The molecule has 28 heavy (non-hydrogen) atoms. The van der Waals surface area contributed by atoms with Crippen molar-refractivity contribution >= 4 is 11.6 Å². The number of likely N-dealkylation sites (tertiary alicyclic amines) is 1. The molecule has 1 aliphatic rings. The Hall–Kier alpha value is -3.18. The monoisotopic (exact) mass is 373 g/mol. The average Bonchev–Trinajstić information content (AvgIpc) is 3.18. The summed E-state index contributed by atoms with van der Waals surface area (Å²) in [6.45, 7) is 1.74. The molecule has 3 aromatic rings. The fourth-order valence-electron chi connectivity index (χ4n) is 3.54. The lowest BCUT2D eigenvalue weighted by atomic mass is 10.1. The number of nitrogens with zero attached hydrogens (tertiary/aromatic N) is 2. The Morgan fingerprint density at radius 2 is 1.86 bits per heavy atom. The molecule has 2 aromatic carbocycles. The number of carbonyl (C=O) groups is 1. The molecule has 1 aliphatic heterocycles. The molecule has 5 heteroatoms. The Bertz CT molecular complexity index is 915. The molecule has 4 rings (SSSR count). The fourth-order valence-corrected chi connectivity index (χ4v) is 3.54. The van der Waals surface area contributed by atoms with Gasteiger partial charge in [0.2, 0.25) is 5.91 Å². The predicted octanol–water partition coefficient (Wildman–Crippen LogP) is 4.48. The molecule has 0 radical (unpaired) electrons. The van der Waals surface area contributed by atoms with Crippen LogP contribution in [0.2, 0.25) is 0 Å². The molecule has 2 heterocycles. The lowest BCUT2D eigenvalue weighted by Crippen LogP contribution is -2.39. The maximum Gasteiger partial charge on any atom is 0.241 e. The van der Waals surface area contributed by atoms with Gasteiger partial charge in [-0.15, -0.1) is 0 Å². The van der Waals surface area contributed by atoms with Gasteiger partial charge in [0.15, 0.2) is 0 Å². The third-order valence-electron chi connectivity index (χ3n) is 4.88. The minimum atomic E-state index is -0.107. The van der Waals surface area contributed by atoms with E-state index in [2.05, 4.69) is 27.3 Å². The van der Waals surface area contributed by atoms with Gasteiger partial charge in [-0.2, -0.15) is 0 Å². The topological polar surface area (TPSA) is 54.5 Å². The van der Waals surface area contributed by atoms with Crippen LogP contribution in [0.4, 0.5) is 5.69 Å². The minimum absolute atomic E-state index is 0.0366. The van der Waals surface area contributed by atoms with Crippen molar-refractivity contribution < 1.29 is 9.53 Å². The van der Waals surface area contributed by atoms with Crippen LogP contribution in [0.15, 0.2) is 79.1 Å². The van der Waals surface area contributed by atoms with E-state index in [-0.39, 0.29) is 11.9 Å². The predicted molar refractivity (Wildman–Crippen MR) is 109 cm³/mol. The van der Waals surface area contributed by atoms with Crippen LogP contribution in [-0.2, 0) is 11.3 Å². The van der Waals surface area contributed by atoms with Crippen LogP contribution in [0.3, 0.4) is 0 Å². The Labute approximate surface area is 165 Å². The Morgan fingerprint density at radius 3 is 2.68 bits per heavy atom. The summed E-state index contributed by atoms with van der Waals surface area (Å²) in [5.41, 5.74) is 1.97. The SMILES string of the molecule is O=C(Nc1cccc(Oc2ccncc2)c1)C1CCCN1Cc1ccccc1. The fraction of sp³-hybridized carbons (Fsp3) is 0.217. The van der Waals surface area contributed by atoms with Gasteiger partial charge in [0.05, 0.1) is 6.04 Å². The van der Waals surface area contributed by atoms with Gasteiger partial charge in [-0.3, -0.25) is 14.7 Å². The van der Waals surface area contributed by atoms with E-state index in [9.17, 15) is 4.79 Å². The van der Waals surface area contributed by atoms with Gasteiger partial charge in [-0.05, 0) is 49.2 Å². The highest BCUT2D eigenvalue weighted by Gasteiger charge is 2.30. The summed E-state index contributed by atoms with van der Waals surface area (Å²) in [6.07, 6.45) is 5.28. The summed E-state index contributed by atoms with van der Waals surface area (Å²) in [7, 11) is 0. The summed E-state index contributed by atoms with van der Waals surface area (Å²) in [4.78, 5) is 19.1. The third kappa shape index (κ3) is 4.56. The van der Waals surface area contributed by atoms with E-state index in [4.69, 9.17) is 4.74 Å².